The number of hydrogen-bond acceptors (Lipinski definition) is 4. The highest BCUT2D eigenvalue weighted by Gasteiger charge is 2.68. The highest BCUT2D eigenvalue weighted by Crippen LogP contribution is 2.65. The normalized spacial score (nSPS) is 37.2. The highest BCUT2D eigenvalue weighted by molar-refractivity contribution is 5.66. The molecule has 0 aromatic heterocycles. The van der Waals surface area contributed by atoms with Gasteiger partial charge < -0.3 is 14.9 Å². The highest BCUT2D eigenvalue weighted by atomic mass is 16.5. The van der Waals surface area contributed by atoms with Crippen LogP contribution in [0.2, 0.25) is 0 Å². The number of esters is 1. The first kappa shape index (κ1) is 16.2. The molecular weight excluding hydrogens is 268 g/mol. The van der Waals surface area contributed by atoms with Gasteiger partial charge in [0.15, 0.2) is 0 Å². The Kier molecular flexibility index (Phi) is 3.83. The first-order valence-corrected chi connectivity index (χ1v) is 7.48. The second-order valence-corrected chi connectivity index (χ2v) is 7.27. The Bertz CT molecular complexity index is 484. The van der Waals surface area contributed by atoms with Gasteiger partial charge in [0.05, 0.1) is 11.2 Å². The van der Waals surface area contributed by atoms with Gasteiger partial charge in [-0.3, -0.25) is 4.79 Å². The van der Waals surface area contributed by atoms with Crippen molar-refractivity contribution in [3.63, 3.8) is 0 Å². The van der Waals surface area contributed by atoms with E-state index in [1.165, 1.54) is 6.92 Å². The van der Waals surface area contributed by atoms with E-state index in [2.05, 4.69) is 6.58 Å². The SMILES string of the molecule is C=C1CC[C@@]2(O)C[C@@H]1[C@]2(C)[C@@H](/C=C/C(C)(C)O)OC(C)=O. The Balaban J connectivity index is 2.34. The number of allylic oxidation sites excluding steroid dienone is 1. The molecule has 4 atom stereocenters. The maximum absolute atomic E-state index is 11.4. The standard InChI is InChI=1S/C17H26O4/c1-11-6-9-17(20)10-13(11)16(17,5)14(21-12(2)18)7-8-15(3,4)19/h7-8,13-14,19-20H,1,6,9-10H2,2-5H3/b8-7+/t13-,14+,16+,17+/m0/s1. The Hall–Kier alpha value is -1.13. The fourth-order valence-electron chi connectivity index (χ4n) is 3.77. The summed E-state index contributed by atoms with van der Waals surface area (Å²) < 4.78 is 5.46. The third-order valence-electron chi connectivity index (χ3n) is 5.18. The Morgan fingerprint density at radius 3 is 2.67 bits per heavy atom. The van der Waals surface area contributed by atoms with E-state index in [0.717, 1.165) is 12.0 Å². The van der Waals surface area contributed by atoms with E-state index in [4.69, 9.17) is 4.74 Å². The van der Waals surface area contributed by atoms with Crippen LogP contribution in [0.4, 0.5) is 0 Å². The van der Waals surface area contributed by atoms with Gasteiger partial charge in [-0.25, -0.2) is 0 Å². The third kappa shape index (κ3) is 2.67. The lowest BCUT2D eigenvalue weighted by atomic mass is 9.42. The maximum atomic E-state index is 11.4. The fourth-order valence-corrected chi connectivity index (χ4v) is 3.77. The molecule has 3 fully saturated rings. The largest absolute Gasteiger partial charge is 0.458 e. The van der Waals surface area contributed by atoms with Gasteiger partial charge in [-0.1, -0.05) is 25.2 Å². The van der Waals surface area contributed by atoms with Crippen LogP contribution < -0.4 is 0 Å². The van der Waals surface area contributed by atoms with E-state index < -0.39 is 22.7 Å². The molecule has 2 N–H and O–H groups in total. The van der Waals surface area contributed by atoms with E-state index in [1.54, 1.807) is 26.0 Å². The van der Waals surface area contributed by atoms with E-state index in [-0.39, 0.29) is 11.9 Å². The summed E-state index contributed by atoms with van der Waals surface area (Å²) >= 11 is 0. The minimum Gasteiger partial charge on any atom is -0.458 e. The number of carbonyl (C=O) groups excluding carboxylic acids is 1. The van der Waals surface area contributed by atoms with Crippen LogP contribution >= 0.6 is 0 Å². The molecule has 3 saturated carbocycles. The van der Waals surface area contributed by atoms with Gasteiger partial charge in [0.25, 0.3) is 0 Å². The average Bonchev–Trinajstić information content (AvgIpc) is 2.34. The Morgan fingerprint density at radius 2 is 2.19 bits per heavy atom. The predicted octanol–water partition coefficient (Wildman–Crippen LogP) is 2.35. The summed E-state index contributed by atoms with van der Waals surface area (Å²) in [5.41, 5.74) is -1.28. The van der Waals surface area contributed by atoms with Crippen molar-refractivity contribution in [2.75, 3.05) is 0 Å². The number of aliphatic hydroxyl groups is 2. The van der Waals surface area contributed by atoms with E-state index in [9.17, 15) is 15.0 Å². The van der Waals surface area contributed by atoms with Gasteiger partial charge in [0.1, 0.15) is 6.10 Å². The smallest absolute Gasteiger partial charge is 0.303 e. The fraction of sp³-hybridized carbons (Fsp3) is 0.706. The topological polar surface area (TPSA) is 66.8 Å². The van der Waals surface area contributed by atoms with Crippen molar-refractivity contribution in [1.82, 2.24) is 0 Å². The summed E-state index contributed by atoms with van der Waals surface area (Å²) in [4.78, 5) is 11.4. The molecule has 3 aliphatic carbocycles. The van der Waals surface area contributed by atoms with Crippen molar-refractivity contribution in [3.05, 3.63) is 24.3 Å². The molecule has 0 unspecified atom stereocenters. The van der Waals surface area contributed by atoms with E-state index in [1.807, 2.05) is 6.92 Å². The van der Waals surface area contributed by atoms with Crippen LogP contribution in [0.3, 0.4) is 0 Å². The average molecular weight is 294 g/mol. The quantitative estimate of drug-likeness (QED) is 0.617. The minimum absolute atomic E-state index is 0.145. The zero-order chi connectivity index (χ0) is 16.1. The van der Waals surface area contributed by atoms with Gasteiger partial charge in [0, 0.05) is 12.3 Å². The number of hydrogen-bond donors (Lipinski definition) is 2. The molecule has 4 heteroatoms. The van der Waals surface area contributed by atoms with Crippen molar-refractivity contribution in [2.45, 2.75) is 64.3 Å². The first-order valence-electron chi connectivity index (χ1n) is 7.48. The van der Waals surface area contributed by atoms with Crippen LogP contribution in [0.1, 0.15) is 47.0 Å². The van der Waals surface area contributed by atoms with Gasteiger partial charge in [-0.2, -0.15) is 0 Å². The number of carbonyl (C=O) groups is 1. The molecular formula is C17H26O4. The van der Waals surface area contributed by atoms with Crippen molar-refractivity contribution in [1.29, 1.82) is 0 Å². The molecule has 0 saturated heterocycles. The molecule has 0 spiro atoms. The summed E-state index contributed by atoms with van der Waals surface area (Å²) in [5, 5.41) is 20.7. The lowest BCUT2D eigenvalue weighted by Gasteiger charge is -2.66. The van der Waals surface area contributed by atoms with Gasteiger partial charge in [0.2, 0.25) is 0 Å². The van der Waals surface area contributed by atoms with Crippen LogP contribution in [-0.2, 0) is 9.53 Å². The molecule has 0 heterocycles. The summed E-state index contributed by atoms with van der Waals surface area (Å²) in [6.45, 7) is 10.7. The van der Waals surface area contributed by atoms with E-state index >= 15 is 0 Å². The lowest BCUT2D eigenvalue weighted by molar-refractivity contribution is -0.249. The Labute approximate surface area is 126 Å². The van der Waals surface area contributed by atoms with Crippen LogP contribution in [0, 0.1) is 11.3 Å². The van der Waals surface area contributed by atoms with Gasteiger partial charge >= 0.3 is 5.97 Å². The van der Waals surface area contributed by atoms with Gasteiger partial charge in [-0.05, 0) is 45.1 Å². The molecule has 0 aromatic rings. The molecule has 0 amide bonds. The van der Waals surface area contributed by atoms with Gasteiger partial charge in [-0.15, -0.1) is 0 Å². The third-order valence-corrected chi connectivity index (χ3v) is 5.18. The summed E-state index contributed by atoms with van der Waals surface area (Å²) in [6, 6.07) is 0. The van der Waals surface area contributed by atoms with Crippen molar-refractivity contribution in [3.8, 4) is 0 Å². The molecule has 0 radical (unpaired) electrons. The minimum atomic E-state index is -0.993. The number of fused-ring (bicyclic) bond motifs is 2. The number of rotatable bonds is 4. The summed E-state index contributed by atoms with van der Waals surface area (Å²) in [7, 11) is 0. The van der Waals surface area contributed by atoms with Crippen LogP contribution in [0.15, 0.2) is 24.3 Å². The molecule has 0 aliphatic heterocycles. The molecule has 2 bridgehead atoms. The van der Waals surface area contributed by atoms with Crippen molar-refractivity contribution in [2.24, 2.45) is 11.3 Å². The lowest BCUT2D eigenvalue weighted by Crippen LogP contribution is -2.70. The second kappa shape index (κ2) is 4.96. The summed E-state index contributed by atoms with van der Waals surface area (Å²) in [6.07, 6.45) is 4.90. The molecule has 118 valence electrons. The van der Waals surface area contributed by atoms with Crippen molar-refractivity contribution >= 4 is 5.97 Å². The van der Waals surface area contributed by atoms with Crippen LogP contribution in [-0.4, -0.2) is 33.5 Å². The molecule has 0 aromatic carbocycles. The maximum Gasteiger partial charge on any atom is 0.303 e. The predicted molar refractivity (Wildman–Crippen MR) is 80.5 cm³/mol. The molecule has 3 aliphatic rings. The number of ether oxygens (including phenoxy) is 1. The zero-order valence-electron chi connectivity index (χ0n) is 13.3. The monoisotopic (exact) mass is 294 g/mol. The molecule has 3 rings (SSSR count). The Morgan fingerprint density at radius 1 is 1.57 bits per heavy atom. The zero-order valence-corrected chi connectivity index (χ0v) is 13.3. The second-order valence-electron chi connectivity index (χ2n) is 7.27. The molecule has 21 heavy (non-hydrogen) atoms. The van der Waals surface area contributed by atoms with Crippen molar-refractivity contribution < 1.29 is 19.7 Å². The van der Waals surface area contributed by atoms with Crippen LogP contribution in [0.25, 0.3) is 0 Å². The summed E-state index contributed by atoms with van der Waals surface area (Å²) in [5.74, 6) is -0.243. The van der Waals surface area contributed by atoms with Crippen LogP contribution in [0.5, 0.6) is 0 Å². The first-order chi connectivity index (χ1) is 9.49. The van der Waals surface area contributed by atoms with E-state index in [0.29, 0.717) is 12.8 Å². The molecule has 4 nitrogen and oxygen atoms in total.